The van der Waals surface area contributed by atoms with Crippen molar-refractivity contribution in [3.8, 4) is 0 Å². The normalized spacial score (nSPS) is 17.2. The molecule has 0 aliphatic heterocycles. The molecule has 0 saturated heterocycles. The van der Waals surface area contributed by atoms with Crippen LogP contribution in [0.5, 0.6) is 0 Å². The molecule has 0 bridgehead atoms. The second-order valence-electron chi connectivity index (χ2n) is 5.05. The molecule has 4 nitrogen and oxygen atoms in total. The Labute approximate surface area is 117 Å². The van der Waals surface area contributed by atoms with Crippen LogP contribution in [0.1, 0.15) is 26.7 Å². The summed E-state index contributed by atoms with van der Waals surface area (Å²) in [6.07, 6.45) is 3.88. The largest absolute Gasteiger partial charge is 0.356 e. The molecule has 2 unspecified atom stereocenters. The summed E-state index contributed by atoms with van der Waals surface area (Å²) in [4.78, 5) is 2.36. The monoisotopic (exact) mass is 278 g/mol. The van der Waals surface area contributed by atoms with Crippen molar-refractivity contribution in [2.45, 2.75) is 44.6 Å². The molecule has 0 rings (SSSR count). The summed E-state index contributed by atoms with van der Waals surface area (Å²) in [6.45, 7) is 5.02. The van der Waals surface area contributed by atoms with Crippen molar-refractivity contribution in [1.82, 2.24) is 4.90 Å². The van der Waals surface area contributed by atoms with Crippen LogP contribution in [-0.2, 0) is 9.47 Å². The van der Waals surface area contributed by atoms with E-state index in [1.54, 1.807) is 14.2 Å². The van der Waals surface area contributed by atoms with Crippen LogP contribution in [0.2, 0.25) is 0 Å². The van der Waals surface area contributed by atoms with E-state index in [2.05, 4.69) is 32.1 Å². The van der Waals surface area contributed by atoms with E-state index in [4.69, 9.17) is 15.2 Å². The Bertz CT molecular complexity index is 215. The van der Waals surface area contributed by atoms with Gasteiger partial charge in [0.2, 0.25) is 0 Å². The van der Waals surface area contributed by atoms with Crippen LogP contribution in [0.15, 0.2) is 0 Å². The molecule has 0 aromatic rings. The summed E-state index contributed by atoms with van der Waals surface area (Å²) in [7, 11) is 5.48. The van der Waals surface area contributed by atoms with Crippen molar-refractivity contribution in [1.29, 1.82) is 0 Å². The van der Waals surface area contributed by atoms with Gasteiger partial charge in [-0.25, -0.2) is 0 Å². The number of likely N-dealkylation sites (N-methyl/N-ethyl adjacent to an activating group) is 1. The number of hydrogen-bond donors (Lipinski definition) is 1. The molecule has 2 N–H and O–H groups in total. The molecule has 110 valence electrons. The predicted octanol–water partition coefficient (Wildman–Crippen LogP) is 1.79. The maximum Gasteiger partial charge on any atom is 0.158 e. The zero-order valence-corrected chi connectivity index (χ0v) is 13.5. The van der Waals surface area contributed by atoms with Gasteiger partial charge in [-0.05, 0) is 39.3 Å². The SMILES string of the molecule is COC(CC(C)(CN)N(C)C(C)CCSC)OC. The van der Waals surface area contributed by atoms with E-state index in [9.17, 15) is 0 Å². The summed E-state index contributed by atoms with van der Waals surface area (Å²) in [5.41, 5.74) is 5.87. The molecular weight excluding hydrogens is 248 g/mol. The predicted molar refractivity (Wildman–Crippen MR) is 80.1 cm³/mol. The number of nitrogens with zero attached hydrogens (tertiary/aromatic N) is 1. The average Bonchev–Trinajstić information content (AvgIpc) is 2.40. The minimum Gasteiger partial charge on any atom is -0.356 e. The van der Waals surface area contributed by atoms with Crippen molar-refractivity contribution >= 4 is 11.8 Å². The third kappa shape index (κ3) is 5.45. The smallest absolute Gasteiger partial charge is 0.158 e. The van der Waals surface area contributed by atoms with Crippen LogP contribution in [0.25, 0.3) is 0 Å². The van der Waals surface area contributed by atoms with Gasteiger partial charge in [0, 0.05) is 38.8 Å². The molecule has 5 heteroatoms. The average molecular weight is 278 g/mol. The summed E-state index contributed by atoms with van der Waals surface area (Å²) >= 11 is 1.88. The molecule has 0 saturated carbocycles. The van der Waals surface area contributed by atoms with Gasteiger partial charge >= 0.3 is 0 Å². The third-order valence-electron chi connectivity index (χ3n) is 3.82. The Balaban J connectivity index is 4.59. The molecule has 0 aliphatic rings. The fraction of sp³-hybridized carbons (Fsp3) is 1.00. The Kier molecular flexibility index (Phi) is 9.25. The lowest BCUT2D eigenvalue weighted by Gasteiger charge is -2.43. The first-order valence-electron chi connectivity index (χ1n) is 6.42. The van der Waals surface area contributed by atoms with Crippen molar-refractivity contribution < 1.29 is 9.47 Å². The van der Waals surface area contributed by atoms with Crippen LogP contribution in [0.3, 0.4) is 0 Å². The molecule has 0 heterocycles. The lowest BCUT2D eigenvalue weighted by atomic mass is 9.93. The van der Waals surface area contributed by atoms with Crippen LogP contribution in [0.4, 0.5) is 0 Å². The molecule has 0 aliphatic carbocycles. The topological polar surface area (TPSA) is 47.7 Å². The van der Waals surface area contributed by atoms with Gasteiger partial charge in [-0.15, -0.1) is 0 Å². The van der Waals surface area contributed by atoms with E-state index in [0.29, 0.717) is 12.6 Å². The van der Waals surface area contributed by atoms with Crippen LogP contribution in [-0.4, -0.2) is 62.6 Å². The van der Waals surface area contributed by atoms with Crippen molar-refractivity contribution in [2.24, 2.45) is 5.73 Å². The summed E-state index contributed by atoms with van der Waals surface area (Å²) in [5.74, 6) is 1.17. The minimum absolute atomic E-state index is 0.103. The van der Waals surface area contributed by atoms with E-state index < -0.39 is 0 Å². The second kappa shape index (κ2) is 9.15. The molecule has 0 amide bonds. The van der Waals surface area contributed by atoms with E-state index in [0.717, 1.165) is 12.8 Å². The second-order valence-corrected chi connectivity index (χ2v) is 6.03. The molecule has 18 heavy (non-hydrogen) atoms. The summed E-state index contributed by atoms with van der Waals surface area (Å²) < 4.78 is 10.6. The fourth-order valence-corrected chi connectivity index (χ4v) is 2.58. The lowest BCUT2D eigenvalue weighted by Crippen LogP contribution is -2.55. The van der Waals surface area contributed by atoms with Gasteiger partial charge in [0.15, 0.2) is 6.29 Å². The first kappa shape index (κ1) is 18.2. The molecule has 0 spiro atoms. The first-order valence-corrected chi connectivity index (χ1v) is 7.82. The Hall–Kier alpha value is 0.190. The van der Waals surface area contributed by atoms with Crippen LogP contribution >= 0.6 is 11.8 Å². The zero-order chi connectivity index (χ0) is 14.2. The van der Waals surface area contributed by atoms with Crippen molar-refractivity contribution in [3.05, 3.63) is 0 Å². The van der Waals surface area contributed by atoms with Gasteiger partial charge < -0.3 is 15.2 Å². The number of thioether (sulfide) groups is 1. The standard InChI is InChI=1S/C13H30N2O2S/c1-11(7-8-18-6)15(3)13(2,10-14)9-12(16-4)17-5/h11-12H,7-10,14H2,1-6H3. The minimum atomic E-state index is -0.200. The number of rotatable bonds is 10. The van der Waals surface area contributed by atoms with E-state index >= 15 is 0 Å². The molecule has 0 radical (unpaired) electrons. The van der Waals surface area contributed by atoms with Crippen LogP contribution < -0.4 is 5.73 Å². The molecule has 0 aromatic carbocycles. The van der Waals surface area contributed by atoms with E-state index in [1.165, 1.54) is 5.75 Å². The van der Waals surface area contributed by atoms with E-state index in [-0.39, 0.29) is 11.8 Å². The van der Waals surface area contributed by atoms with Gasteiger partial charge in [-0.3, -0.25) is 4.90 Å². The maximum atomic E-state index is 5.97. The molecular formula is C13H30N2O2S. The highest BCUT2D eigenvalue weighted by molar-refractivity contribution is 7.98. The Morgan fingerprint density at radius 2 is 1.89 bits per heavy atom. The summed E-state index contributed by atoms with van der Waals surface area (Å²) in [6, 6.07) is 0.500. The Morgan fingerprint density at radius 3 is 2.28 bits per heavy atom. The summed E-state index contributed by atoms with van der Waals surface area (Å²) in [5, 5.41) is 0. The number of methoxy groups -OCH3 is 2. The first-order chi connectivity index (χ1) is 8.45. The van der Waals surface area contributed by atoms with Crippen molar-refractivity contribution in [2.75, 3.05) is 39.8 Å². The lowest BCUT2D eigenvalue weighted by molar-refractivity contribution is -0.129. The van der Waals surface area contributed by atoms with Gasteiger partial charge in [0.05, 0.1) is 0 Å². The van der Waals surface area contributed by atoms with Gasteiger partial charge in [0.1, 0.15) is 0 Å². The Morgan fingerprint density at radius 1 is 1.33 bits per heavy atom. The van der Waals surface area contributed by atoms with Gasteiger partial charge in [-0.2, -0.15) is 11.8 Å². The van der Waals surface area contributed by atoms with Gasteiger partial charge in [-0.1, -0.05) is 0 Å². The number of hydrogen-bond acceptors (Lipinski definition) is 5. The zero-order valence-electron chi connectivity index (χ0n) is 12.7. The third-order valence-corrected chi connectivity index (χ3v) is 4.47. The van der Waals surface area contributed by atoms with Gasteiger partial charge in [0.25, 0.3) is 0 Å². The van der Waals surface area contributed by atoms with E-state index in [1.807, 2.05) is 11.8 Å². The number of nitrogens with two attached hydrogens (primary N) is 1. The molecule has 2 atom stereocenters. The molecule has 0 aromatic heterocycles. The quantitative estimate of drug-likeness (QED) is 0.617. The maximum absolute atomic E-state index is 5.97. The highest BCUT2D eigenvalue weighted by Crippen LogP contribution is 2.24. The fourth-order valence-electron chi connectivity index (χ4n) is 2.01. The number of ether oxygens (including phenoxy) is 2. The van der Waals surface area contributed by atoms with Crippen molar-refractivity contribution in [3.63, 3.8) is 0 Å². The van der Waals surface area contributed by atoms with Crippen LogP contribution in [0, 0.1) is 0 Å². The highest BCUT2D eigenvalue weighted by Gasteiger charge is 2.33. The highest BCUT2D eigenvalue weighted by atomic mass is 32.2. The molecule has 0 fully saturated rings.